The van der Waals surface area contributed by atoms with Gasteiger partial charge >= 0.3 is 5.22 Å². The van der Waals surface area contributed by atoms with Gasteiger partial charge in [-0.2, -0.15) is 0 Å². The fraction of sp³-hybridized carbons (Fsp3) is 0.308. The molecular weight excluding hydrogens is 294 g/mol. The molecule has 0 saturated carbocycles. The van der Waals surface area contributed by atoms with Crippen molar-refractivity contribution in [2.24, 2.45) is 0 Å². The number of rotatable bonds is 4. The molecule has 0 aliphatic carbocycles. The van der Waals surface area contributed by atoms with Gasteiger partial charge in [-0.05, 0) is 25.5 Å². The third kappa shape index (κ3) is 3.46. The lowest BCUT2D eigenvalue weighted by Crippen LogP contribution is -2.27. The molecule has 0 radical (unpaired) electrons. The van der Waals surface area contributed by atoms with Crippen LogP contribution in [0.5, 0.6) is 0 Å². The van der Waals surface area contributed by atoms with Gasteiger partial charge in [0.05, 0.1) is 0 Å². The number of carbonyl (C=O) groups is 1. The zero-order chi connectivity index (χ0) is 15.6. The quantitative estimate of drug-likeness (QED) is 0.912. The van der Waals surface area contributed by atoms with Gasteiger partial charge < -0.3 is 9.73 Å². The highest BCUT2D eigenvalue weighted by Gasteiger charge is 2.21. The Morgan fingerprint density at radius 2 is 1.95 bits per heavy atom. The van der Waals surface area contributed by atoms with E-state index in [2.05, 4.69) is 15.5 Å². The van der Waals surface area contributed by atoms with Crippen LogP contribution in [0.2, 0.25) is 0 Å². The molecule has 0 spiro atoms. The molecule has 7 nitrogen and oxygen atoms in total. The molecule has 112 valence electrons. The highest BCUT2D eigenvalue weighted by Crippen LogP contribution is 2.15. The van der Waals surface area contributed by atoms with E-state index in [1.807, 2.05) is 19.1 Å². The van der Waals surface area contributed by atoms with Crippen molar-refractivity contribution in [3.8, 4) is 0 Å². The summed E-state index contributed by atoms with van der Waals surface area (Å²) < 4.78 is 27.6. The summed E-state index contributed by atoms with van der Waals surface area (Å²) in [5.74, 6) is -0.253. The van der Waals surface area contributed by atoms with Crippen LogP contribution in [0.3, 0.4) is 0 Å². The number of benzene rings is 1. The first-order chi connectivity index (χ1) is 9.79. The second-order valence-corrected chi connectivity index (χ2v) is 6.58. The van der Waals surface area contributed by atoms with Crippen LogP contribution in [0.4, 0.5) is 0 Å². The van der Waals surface area contributed by atoms with E-state index in [9.17, 15) is 13.2 Å². The Kier molecular flexibility index (Phi) is 4.08. The van der Waals surface area contributed by atoms with Crippen LogP contribution >= 0.6 is 0 Å². The molecule has 1 heterocycles. The summed E-state index contributed by atoms with van der Waals surface area (Å²) in [6.07, 6.45) is 0.973. The Morgan fingerprint density at radius 1 is 1.29 bits per heavy atom. The second-order valence-electron chi connectivity index (χ2n) is 4.69. The van der Waals surface area contributed by atoms with Crippen molar-refractivity contribution in [3.63, 3.8) is 0 Å². The van der Waals surface area contributed by atoms with E-state index in [0.29, 0.717) is 5.56 Å². The first-order valence-corrected chi connectivity index (χ1v) is 8.08. The molecule has 1 atom stereocenters. The summed E-state index contributed by atoms with van der Waals surface area (Å²) in [6.45, 7) is 3.46. The van der Waals surface area contributed by atoms with Crippen LogP contribution in [0.15, 0.2) is 33.9 Å². The van der Waals surface area contributed by atoms with Crippen molar-refractivity contribution in [2.75, 3.05) is 6.26 Å². The van der Waals surface area contributed by atoms with Gasteiger partial charge in [-0.3, -0.25) is 4.79 Å². The summed E-state index contributed by atoms with van der Waals surface area (Å²) in [5, 5.41) is 9.32. The smallest absolute Gasteiger partial charge is 0.335 e. The topological polar surface area (TPSA) is 102 Å². The number of hydrogen-bond acceptors (Lipinski definition) is 6. The lowest BCUT2D eigenvalue weighted by molar-refractivity contribution is 0.0932. The van der Waals surface area contributed by atoms with Crippen LogP contribution < -0.4 is 5.32 Å². The van der Waals surface area contributed by atoms with Gasteiger partial charge in [-0.25, -0.2) is 8.42 Å². The number of aromatic nitrogens is 2. The van der Waals surface area contributed by atoms with Gasteiger partial charge in [0.15, 0.2) is 0 Å². The predicted octanol–water partition coefficient (Wildman–Crippen LogP) is 1.27. The molecule has 1 aromatic heterocycles. The summed E-state index contributed by atoms with van der Waals surface area (Å²) in [6, 6.07) is 6.54. The largest absolute Gasteiger partial charge is 0.410 e. The highest BCUT2D eigenvalue weighted by molar-refractivity contribution is 7.90. The van der Waals surface area contributed by atoms with E-state index in [0.717, 1.165) is 11.8 Å². The monoisotopic (exact) mass is 309 g/mol. The Labute approximate surface area is 122 Å². The Bertz CT molecular complexity index is 767. The lowest BCUT2D eigenvalue weighted by atomic mass is 10.1. The zero-order valence-corrected chi connectivity index (χ0v) is 12.6. The average Bonchev–Trinajstić information content (AvgIpc) is 2.88. The number of aryl methyl sites for hydroxylation is 1. The lowest BCUT2D eigenvalue weighted by Gasteiger charge is -2.11. The van der Waals surface area contributed by atoms with Crippen LogP contribution in [0.1, 0.15) is 34.8 Å². The van der Waals surface area contributed by atoms with Gasteiger partial charge in [-0.15, -0.1) is 5.10 Å². The fourth-order valence-electron chi connectivity index (χ4n) is 1.71. The first-order valence-electron chi connectivity index (χ1n) is 6.19. The minimum Gasteiger partial charge on any atom is -0.410 e. The van der Waals surface area contributed by atoms with Gasteiger partial charge in [-0.1, -0.05) is 23.3 Å². The van der Waals surface area contributed by atoms with Gasteiger partial charge in [0.1, 0.15) is 6.04 Å². The molecule has 0 unspecified atom stereocenters. The van der Waals surface area contributed by atoms with Crippen molar-refractivity contribution < 1.29 is 17.6 Å². The van der Waals surface area contributed by atoms with E-state index < -0.39 is 21.1 Å². The summed E-state index contributed by atoms with van der Waals surface area (Å²) in [7, 11) is -3.56. The standard InChI is InChI=1S/C13H15N3O4S/c1-8-6-4-5-7-10(8)11(17)14-9(2)12-15-16-13(20-12)21(3,18)19/h4-7,9H,1-3H3,(H,14,17)/t9-/m0/s1. The third-order valence-corrected chi connectivity index (χ3v) is 3.65. The highest BCUT2D eigenvalue weighted by atomic mass is 32.2. The Hall–Kier alpha value is -2.22. The normalized spacial score (nSPS) is 12.9. The molecule has 2 aromatic rings. The van der Waals surface area contributed by atoms with E-state index >= 15 is 0 Å². The number of amides is 1. The molecule has 0 saturated heterocycles. The Balaban J connectivity index is 2.15. The van der Waals surface area contributed by atoms with Crippen molar-refractivity contribution >= 4 is 15.7 Å². The van der Waals surface area contributed by atoms with E-state index in [1.165, 1.54) is 0 Å². The first kappa shape index (κ1) is 15.2. The molecule has 0 bridgehead atoms. The molecule has 0 fully saturated rings. The van der Waals surface area contributed by atoms with Gasteiger partial charge in [0.2, 0.25) is 15.7 Å². The minimum absolute atomic E-state index is 0.0392. The van der Waals surface area contributed by atoms with Gasteiger partial charge in [0.25, 0.3) is 5.91 Å². The van der Waals surface area contributed by atoms with Crippen LogP contribution in [0.25, 0.3) is 0 Å². The summed E-state index contributed by atoms with van der Waals surface area (Å²) in [4.78, 5) is 12.1. The van der Waals surface area contributed by atoms with Crippen LogP contribution in [0, 0.1) is 6.92 Å². The maximum atomic E-state index is 12.1. The van der Waals surface area contributed by atoms with Crippen molar-refractivity contribution in [3.05, 3.63) is 41.3 Å². The van der Waals surface area contributed by atoms with Crippen molar-refractivity contribution in [1.82, 2.24) is 15.5 Å². The molecule has 1 aromatic carbocycles. The number of nitrogens with one attached hydrogen (secondary N) is 1. The van der Waals surface area contributed by atoms with Crippen molar-refractivity contribution in [2.45, 2.75) is 25.1 Å². The molecule has 0 aliphatic rings. The molecule has 0 aliphatic heterocycles. The SMILES string of the molecule is Cc1ccccc1C(=O)N[C@@H](C)c1nnc(S(C)(=O)=O)o1. The molecule has 1 N–H and O–H groups in total. The zero-order valence-electron chi connectivity index (χ0n) is 11.8. The molecule has 8 heteroatoms. The van der Waals surface area contributed by atoms with E-state index in [1.54, 1.807) is 19.1 Å². The summed E-state index contributed by atoms with van der Waals surface area (Å²) >= 11 is 0. The van der Waals surface area contributed by atoms with Gasteiger partial charge in [0, 0.05) is 11.8 Å². The molecular formula is C13H15N3O4S. The predicted molar refractivity (Wildman–Crippen MR) is 74.5 cm³/mol. The summed E-state index contributed by atoms with van der Waals surface area (Å²) in [5.41, 5.74) is 1.37. The number of hydrogen-bond donors (Lipinski definition) is 1. The maximum absolute atomic E-state index is 12.1. The third-order valence-electron chi connectivity index (χ3n) is 2.85. The Morgan fingerprint density at radius 3 is 2.52 bits per heavy atom. The van der Waals surface area contributed by atoms with Crippen LogP contribution in [-0.2, 0) is 9.84 Å². The average molecular weight is 309 g/mol. The number of nitrogens with zero attached hydrogens (tertiary/aromatic N) is 2. The molecule has 1 amide bonds. The number of sulfone groups is 1. The maximum Gasteiger partial charge on any atom is 0.335 e. The van der Waals surface area contributed by atoms with E-state index in [-0.39, 0.29) is 11.8 Å². The minimum atomic E-state index is -3.56. The van der Waals surface area contributed by atoms with E-state index in [4.69, 9.17) is 4.42 Å². The molecule has 21 heavy (non-hydrogen) atoms. The van der Waals surface area contributed by atoms with Crippen molar-refractivity contribution in [1.29, 1.82) is 0 Å². The second kappa shape index (κ2) is 5.65. The molecule has 2 rings (SSSR count). The fourth-order valence-corrected chi connectivity index (χ4v) is 2.13. The number of carbonyl (C=O) groups excluding carboxylic acids is 1. The van der Waals surface area contributed by atoms with Crippen LogP contribution in [-0.4, -0.2) is 30.8 Å².